The molecule has 0 saturated carbocycles. The lowest BCUT2D eigenvalue weighted by Gasteiger charge is -2.12. The molecule has 1 aliphatic heterocycles. The van der Waals surface area contributed by atoms with Gasteiger partial charge in [0, 0.05) is 23.5 Å². The molecular weight excluding hydrogens is 538 g/mol. The molecule has 36 heavy (non-hydrogen) atoms. The van der Waals surface area contributed by atoms with E-state index < -0.39 is 5.97 Å². The van der Waals surface area contributed by atoms with Crippen molar-refractivity contribution in [2.24, 2.45) is 0 Å². The summed E-state index contributed by atoms with van der Waals surface area (Å²) < 4.78 is 16.1. The zero-order valence-electron chi connectivity index (χ0n) is 19.8. The third kappa shape index (κ3) is 4.66. The van der Waals surface area contributed by atoms with Crippen molar-refractivity contribution in [2.45, 2.75) is 31.8 Å². The number of furan rings is 1. The van der Waals surface area contributed by atoms with Gasteiger partial charge in [-0.05, 0) is 44.2 Å². The first-order valence-corrected chi connectivity index (χ1v) is 14.2. The van der Waals surface area contributed by atoms with Crippen molar-refractivity contribution in [2.75, 3.05) is 18.6 Å². The number of carbonyl (C=O) groups excluding carboxylic acids is 1. The minimum Gasteiger partial charge on any atom is -0.460 e. The molecule has 5 rings (SSSR count). The predicted octanol–water partition coefficient (Wildman–Crippen LogP) is 3.89. The molecule has 7 nitrogen and oxygen atoms in total. The van der Waals surface area contributed by atoms with Crippen LogP contribution in [0.2, 0.25) is 5.02 Å². The minimum absolute atomic E-state index is 0.00442. The Morgan fingerprint density at radius 2 is 2.08 bits per heavy atom. The second-order valence-corrected chi connectivity index (χ2v) is 11.3. The van der Waals surface area contributed by atoms with Gasteiger partial charge in [-0.1, -0.05) is 34.7 Å². The van der Waals surface area contributed by atoms with E-state index in [1.54, 1.807) is 46.7 Å². The number of anilines is 1. The molecule has 4 heterocycles. The zero-order chi connectivity index (χ0) is 25.4. The lowest BCUT2D eigenvalue weighted by Crippen LogP contribution is -2.36. The van der Waals surface area contributed by atoms with Gasteiger partial charge in [0.15, 0.2) is 12.0 Å². The maximum atomic E-state index is 13.4. The first-order valence-electron chi connectivity index (χ1n) is 11.3. The fourth-order valence-electron chi connectivity index (χ4n) is 3.91. The highest BCUT2D eigenvalue weighted by Crippen LogP contribution is 2.46. The fraction of sp³-hybridized carbons (Fsp3) is 0.240. The van der Waals surface area contributed by atoms with Gasteiger partial charge in [-0.3, -0.25) is 9.36 Å². The summed E-state index contributed by atoms with van der Waals surface area (Å²) in [6, 6.07) is 9.18. The molecule has 0 spiro atoms. The third-order valence-corrected chi connectivity index (χ3v) is 9.19. The summed E-state index contributed by atoms with van der Waals surface area (Å²) in [5.41, 5.74) is 1.03. The van der Waals surface area contributed by atoms with Gasteiger partial charge in [0.1, 0.15) is 14.2 Å². The number of thioether (sulfide) groups is 1. The van der Waals surface area contributed by atoms with Crippen molar-refractivity contribution in [1.82, 2.24) is 4.57 Å². The number of esters is 1. The van der Waals surface area contributed by atoms with Gasteiger partial charge < -0.3 is 14.1 Å². The van der Waals surface area contributed by atoms with Crippen molar-refractivity contribution in [3.63, 3.8) is 0 Å². The number of halogens is 1. The second kappa shape index (κ2) is 10.3. The molecule has 0 radical (unpaired) electrons. The van der Waals surface area contributed by atoms with Gasteiger partial charge in [0.2, 0.25) is 12.3 Å². The summed E-state index contributed by atoms with van der Waals surface area (Å²) in [6.45, 7) is 5.04. The maximum absolute atomic E-state index is 13.4. The topological polar surface area (TPSA) is 68.6 Å². The quantitative estimate of drug-likeness (QED) is 0.263. The molecule has 0 amide bonds. The molecule has 0 unspecified atom stereocenters. The molecule has 0 bridgehead atoms. The van der Waals surface area contributed by atoms with Gasteiger partial charge in [0.05, 0.1) is 23.8 Å². The summed E-state index contributed by atoms with van der Waals surface area (Å²) in [7, 11) is 1.97. The molecule has 11 heteroatoms. The molecule has 3 aromatic heterocycles. The molecule has 186 valence electrons. The molecule has 0 N–H and O–H groups in total. The number of hydrogen-bond acceptors (Lipinski definition) is 8. The van der Waals surface area contributed by atoms with E-state index in [0.29, 0.717) is 35.0 Å². The fourth-order valence-corrected chi connectivity index (χ4v) is 7.50. The average molecular weight is 561 g/mol. The highest BCUT2D eigenvalue weighted by molar-refractivity contribution is 8.08. The van der Waals surface area contributed by atoms with E-state index in [-0.39, 0.29) is 11.3 Å². The van der Waals surface area contributed by atoms with Crippen molar-refractivity contribution in [1.29, 1.82) is 0 Å². The number of ether oxygens (including phenoxy) is 1. The van der Waals surface area contributed by atoms with Crippen LogP contribution in [-0.2, 0) is 17.8 Å². The van der Waals surface area contributed by atoms with E-state index in [0.717, 1.165) is 25.3 Å². The minimum atomic E-state index is -0.472. The van der Waals surface area contributed by atoms with Crippen molar-refractivity contribution in [3.05, 3.63) is 83.0 Å². The van der Waals surface area contributed by atoms with Gasteiger partial charge in [-0.15, -0.1) is 11.3 Å². The van der Waals surface area contributed by atoms with Crippen LogP contribution in [-0.4, -0.2) is 24.2 Å². The Morgan fingerprint density at radius 3 is 2.86 bits per heavy atom. The van der Waals surface area contributed by atoms with Crippen LogP contribution in [0.4, 0.5) is 5.69 Å². The number of aromatic nitrogens is 2. The largest absolute Gasteiger partial charge is 0.460 e. The van der Waals surface area contributed by atoms with Gasteiger partial charge >= 0.3 is 5.97 Å². The van der Waals surface area contributed by atoms with E-state index in [1.165, 1.54) is 11.3 Å². The predicted molar refractivity (Wildman–Crippen MR) is 144 cm³/mol. The lowest BCUT2D eigenvalue weighted by molar-refractivity contribution is -0.686. The van der Waals surface area contributed by atoms with E-state index in [4.69, 9.17) is 20.8 Å². The molecule has 0 aliphatic carbocycles. The third-order valence-electron chi connectivity index (χ3n) is 5.64. The van der Waals surface area contributed by atoms with E-state index in [2.05, 4.69) is 4.90 Å². The SMILES string of the molecule is CCOC(=O)c1ccc(C[n+]2ccsc2C=c2sc(=C3Sc4cc(Cl)ccc4N3C)c(=O)n2CC)o1. The van der Waals surface area contributed by atoms with E-state index >= 15 is 0 Å². The van der Waals surface area contributed by atoms with Crippen molar-refractivity contribution >= 4 is 68.8 Å². The number of carbonyl (C=O) groups is 1. The molecule has 1 aliphatic rings. The molecule has 1 aromatic carbocycles. The highest BCUT2D eigenvalue weighted by Gasteiger charge is 2.25. The smallest absolute Gasteiger partial charge is 0.374 e. The van der Waals surface area contributed by atoms with Gasteiger partial charge in [-0.25, -0.2) is 4.79 Å². The summed E-state index contributed by atoms with van der Waals surface area (Å²) >= 11 is 10.8. The van der Waals surface area contributed by atoms with Crippen molar-refractivity contribution in [3.8, 4) is 0 Å². The zero-order valence-corrected chi connectivity index (χ0v) is 23.0. The standard InChI is InChI=1S/C25H23ClN3O4S3/c1-4-29-21(36-22(23(29)30)24-27(3)17-8-6-15(26)12-19(17)35-24)13-20-28(10-11-34-20)14-16-7-9-18(33-16)25(31)32-5-2/h6-13H,4-5,14H2,1-3H3/q+1. The van der Waals surface area contributed by atoms with Crippen LogP contribution in [0.1, 0.15) is 35.2 Å². The number of hydrogen-bond donors (Lipinski definition) is 0. The molecule has 4 aromatic rings. The summed E-state index contributed by atoms with van der Waals surface area (Å²) in [6.07, 6.45) is 3.99. The Labute approximate surface area is 224 Å². The Balaban J connectivity index is 1.52. The summed E-state index contributed by atoms with van der Waals surface area (Å²) in [4.78, 5) is 28.4. The number of thiazole rings is 2. The first kappa shape index (κ1) is 24.9. The molecule has 0 saturated heterocycles. The number of nitrogens with zero attached hydrogens (tertiary/aromatic N) is 3. The highest BCUT2D eigenvalue weighted by atomic mass is 35.5. The van der Waals surface area contributed by atoms with Gasteiger partial charge in [-0.2, -0.15) is 4.57 Å². The maximum Gasteiger partial charge on any atom is 0.374 e. The normalized spacial score (nSPS) is 15.0. The van der Waals surface area contributed by atoms with Gasteiger partial charge in [0.25, 0.3) is 10.6 Å². The molecular formula is C25H23ClN3O4S3+. The monoisotopic (exact) mass is 560 g/mol. The molecule has 0 atom stereocenters. The van der Waals surface area contributed by atoms with Crippen LogP contribution >= 0.6 is 46.0 Å². The lowest BCUT2D eigenvalue weighted by atomic mass is 10.3. The van der Waals surface area contributed by atoms with Crippen LogP contribution < -0.4 is 24.2 Å². The van der Waals surface area contributed by atoms with Crippen LogP contribution in [0.5, 0.6) is 0 Å². The number of benzene rings is 1. The van der Waals surface area contributed by atoms with Crippen molar-refractivity contribution < 1.29 is 18.5 Å². The average Bonchev–Trinajstić information content (AvgIpc) is 3.62. The first-order chi connectivity index (χ1) is 17.4. The van der Waals surface area contributed by atoms with E-state index in [9.17, 15) is 9.59 Å². The number of rotatable bonds is 6. The molecule has 0 fully saturated rings. The summed E-state index contributed by atoms with van der Waals surface area (Å²) in [5.74, 6) is 0.362. The van der Waals surface area contributed by atoms with Crippen LogP contribution in [0.15, 0.2) is 56.0 Å². The van der Waals surface area contributed by atoms with E-state index in [1.807, 2.05) is 54.4 Å². The van der Waals surface area contributed by atoms with Crippen LogP contribution in [0.3, 0.4) is 0 Å². The Morgan fingerprint density at radius 1 is 1.25 bits per heavy atom. The Hall–Kier alpha value is -2.79. The number of fused-ring (bicyclic) bond motifs is 1. The Kier molecular flexibility index (Phi) is 7.11. The van der Waals surface area contributed by atoms with Crippen LogP contribution in [0.25, 0.3) is 11.1 Å². The second-order valence-electron chi connectivity index (χ2n) is 7.90. The Bertz CT molecular complexity index is 1630. The van der Waals surface area contributed by atoms with Crippen LogP contribution in [0, 0.1) is 0 Å². The summed E-state index contributed by atoms with van der Waals surface area (Å²) in [5, 5.41) is 4.53.